The molecule has 0 radical (unpaired) electrons. The molecule has 6 heteroatoms. The largest absolute Gasteiger partial charge is 0.493 e. The highest BCUT2D eigenvalue weighted by atomic mass is 19.1. The number of fused-ring (bicyclic) bond motifs is 3. The van der Waals surface area contributed by atoms with E-state index in [4.69, 9.17) is 9.47 Å². The van der Waals surface area contributed by atoms with E-state index < -0.39 is 0 Å². The SMILES string of the molecule is Cc1ccccc1CNC(=O)[C@@H]1CN(CC2CCOCC2)[C@H]2c3cc(F)ccc3OC[C@@H]12. The van der Waals surface area contributed by atoms with Crippen LogP contribution in [0.3, 0.4) is 0 Å². The minimum absolute atomic E-state index is 0.00602. The third kappa shape index (κ3) is 4.26. The number of rotatable bonds is 5. The Labute approximate surface area is 188 Å². The fourth-order valence-electron chi connectivity index (χ4n) is 5.54. The lowest BCUT2D eigenvalue weighted by Gasteiger charge is -2.36. The van der Waals surface area contributed by atoms with Gasteiger partial charge in [0.25, 0.3) is 0 Å². The lowest BCUT2D eigenvalue weighted by Crippen LogP contribution is -2.38. The molecule has 2 fully saturated rings. The molecular formula is C26H31FN2O3. The maximum atomic E-state index is 14.2. The number of nitrogens with zero attached hydrogens (tertiary/aromatic N) is 1. The number of hydrogen-bond acceptors (Lipinski definition) is 4. The highest BCUT2D eigenvalue weighted by Gasteiger charge is 2.49. The van der Waals surface area contributed by atoms with Crippen molar-refractivity contribution < 1.29 is 18.7 Å². The molecule has 3 heterocycles. The van der Waals surface area contributed by atoms with E-state index in [-0.39, 0.29) is 29.6 Å². The number of ether oxygens (including phenoxy) is 2. The summed E-state index contributed by atoms with van der Waals surface area (Å²) in [6.07, 6.45) is 2.06. The van der Waals surface area contributed by atoms with Gasteiger partial charge in [0.1, 0.15) is 11.6 Å². The molecule has 0 unspecified atom stereocenters. The normalized spacial score (nSPS) is 25.6. The predicted molar refractivity (Wildman–Crippen MR) is 120 cm³/mol. The molecule has 0 aromatic heterocycles. The predicted octanol–water partition coefficient (Wildman–Crippen LogP) is 3.86. The highest BCUT2D eigenvalue weighted by Crippen LogP contribution is 2.48. The van der Waals surface area contributed by atoms with Crippen LogP contribution in [0.25, 0.3) is 0 Å². The Morgan fingerprint density at radius 3 is 2.81 bits per heavy atom. The summed E-state index contributed by atoms with van der Waals surface area (Å²) in [5.41, 5.74) is 3.17. The zero-order chi connectivity index (χ0) is 22.1. The number of amides is 1. The molecule has 32 heavy (non-hydrogen) atoms. The van der Waals surface area contributed by atoms with Gasteiger partial charge in [-0.2, -0.15) is 0 Å². The molecule has 0 saturated carbocycles. The van der Waals surface area contributed by atoms with Gasteiger partial charge in [-0.3, -0.25) is 9.69 Å². The second-order valence-corrected chi connectivity index (χ2v) is 9.36. The Bertz CT molecular complexity index is 975. The summed E-state index contributed by atoms with van der Waals surface area (Å²) >= 11 is 0. The molecule has 170 valence electrons. The minimum Gasteiger partial charge on any atom is -0.493 e. The standard InChI is InChI=1S/C26H31FN2O3/c1-17-4-2-3-5-19(17)13-28-26(30)22-15-29(14-18-8-10-31-11-9-18)25-21-12-20(27)6-7-24(21)32-16-23(22)25/h2-7,12,18,22-23,25H,8-11,13-16H2,1H3,(H,28,30)/t22-,23+,25+/m1/s1. The molecule has 3 aliphatic heterocycles. The average molecular weight is 439 g/mol. The monoisotopic (exact) mass is 438 g/mol. The number of nitrogens with one attached hydrogen (secondary N) is 1. The van der Waals surface area contributed by atoms with Gasteiger partial charge in [0, 0.05) is 50.4 Å². The number of likely N-dealkylation sites (tertiary alicyclic amines) is 1. The zero-order valence-corrected chi connectivity index (χ0v) is 18.6. The van der Waals surface area contributed by atoms with Crippen molar-refractivity contribution in [2.75, 3.05) is 32.9 Å². The summed E-state index contributed by atoms with van der Waals surface area (Å²) in [5, 5.41) is 3.16. The molecular weight excluding hydrogens is 407 g/mol. The number of aryl methyl sites for hydroxylation is 1. The molecule has 2 aromatic rings. The van der Waals surface area contributed by atoms with Crippen LogP contribution in [0.4, 0.5) is 4.39 Å². The van der Waals surface area contributed by atoms with Crippen LogP contribution < -0.4 is 10.1 Å². The van der Waals surface area contributed by atoms with Crippen molar-refractivity contribution >= 4 is 5.91 Å². The summed E-state index contributed by atoms with van der Waals surface area (Å²) in [4.78, 5) is 15.7. The quantitative estimate of drug-likeness (QED) is 0.770. The van der Waals surface area contributed by atoms with Gasteiger partial charge in [-0.25, -0.2) is 4.39 Å². The van der Waals surface area contributed by atoms with Crippen LogP contribution >= 0.6 is 0 Å². The van der Waals surface area contributed by atoms with E-state index in [2.05, 4.69) is 23.2 Å². The van der Waals surface area contributed by atoms with Crippen molar-refractivity contribution in [3.63, 3.8) is 0 Å². The Hall–Kier alpha value is -2.44. The Kier molecular flexibility index (Phi) is 6.15. The Balaban J connectivity index is 1.37. The van der Waals surface area contributed by atoms with Gasteiger partial charge < -0.3 is 14.8 Å². The molecule has 2 aromatic carbocycles. The highest BCUT2D eigenvalue weighted by molar-refractivity contribution is 5.80. The zero-order valence-electron chi connectivity index (χ0n) is 18.6. The first kappa shape index (κ1) is 21.4. The smallest absolute Gasteiger partial charge is 0.225 e. The van der Waals surface area contributed by atoms with Gasteiger partial charge in [-0.05, 0) is 55.0 Å². The lowest BCUT2D eigenvalue weighted by molar-refractivity contribution is -0.126. The number of halogens is 1. The Morgan fingerprint density at radius 1 is 1.19 bits per heavy atom. The topological polar surface area (TPSA) is 50.8 Å². The second-order valence-electron chi connectivity index (χ2n) is 9.36. The fourth-order valence-corrected chi connectivity index (χ4v) is 5.54. The molecule has 3 aliphatic rings. The van der Waals surface area contributed by atoms with E-state index in [0.29, 0.717) is 25.6 Å². The van der Waals surface area contributed by atoms with E-state index >= 15 is 0 Å². The molecule has 1 N–H and O–H groups in total. The van der Waals surface area contributed by atoms with Crippen LogP contribution in [0.1, 0.15) is 35.6 Å². The molecule has 5 nitrogen and oxygen atoms in total. The van der Waals surface area contributed by atoms with Crippen LogP contribution in [0.5, 0.6) is 5.75 Å². The van der Waals surface area contributed by atoms with E-state index in [1.807, 2.05) is 18.2 Å². The molecule has 0 spiro atoms. The number of hydrogen-bond donors (Lipinski definition) is 1. The van der Waals surface area contributed by atoms with Gasteiger partial charge in [-0.1, -0.05) is 24.3 Å². The van der Waals surface area contributed by atoms with Crippen LogP contribution in [-0.4, -0.2) is 43.7 Å². The third-order valence-corrected chi connectivity index (χ3v) is 7.35. The maximum absolute atomic E-state index is 14.2. The average Bonchev–Trinajstić information content (AvgIpc) is 3.18. The summed E-state index contributed by atoms with van der Waals surface area (Å²) in [6, 6.07) is 12.9. The number of benzene rings is 2. The molecule has 2 saturated heterocycles. The first-order valence-corrected chi connectivity index (χ1v) is 11.7. The second kappa shape index (κ2) is 9.20. The summed E-state index contributed by atoms with van der Waals surface area (Å²) in [5.74, 6) is 0.914. The maximum Gasteiger partial charge on any atom is 0.225 e. The van der Waals surface area contributed by atoms with Gasteiger partial charge in [0.15, 0.2) is 0 Å². The fraction of sp³-hybridized carbons (Fsp3) is 0.500. The van der Waals surface area contributed by atoms with E-state index in [0.717, 1.165) is 49.5 Å². The van der Waals surface area contributed by atoms with E-state index in [1.54, 1.807) is 12.1 Å². The van der Waals surface area contributed by atoms with Crippen molar-refractivity contribution in [1.82, 2.24) is 10.2 Å². The van der Waals surface area contributed by atoms with Gasteiger partial charge in [0.05, 0.1) is 12.5 Å². The molecule has 5 rings (SSSR count). The van der Waals surface area contributed by atoms with E-state index in [9.17, 15) is 9.18 Å². The van der Waals surface area contributed by atoms with Crippen molar-refractivity contribution in [3.05, 3.63) is 65.0 Å². The number of carbonyl (C=O) groups is 1. The van der Waals surface area contributed by atoms with Gasteiger partial charge >= 0.3 is 0 Å². The summed E-state index contributed by atoms with van der Waals surface area (Å²) in [6.45, 7) is 6.22. The minimum atomic E-state index is -0.258. The van der Waals surface area contributed by atoms with Crippen LogP contribution in [-0.2, 0) is 16.1 Å². The molecule has 3 atom stereocenters. The molecule has 0 aliphatic carbocycles. The number of carbonyl (C=O) groups excluding carboxylic acids is 1. The lowest BCUT2D eigenvalue weighted by atomic mass is 9.84. The van der Waals surface area contributed by atoms with Crippen molar-refractivity contribution in [2.24, 2.45) is 17.8 Å². The first-order valence-electron chi connectivity index (χ1n) is 11.7. The van der Waals surface area contributed by atoms with Crippen LogP contribution in [0.2, 0.25) is 0 Å². The van der Waals surface area contributed by atoms with Gasteiger partial charge in [0.2, 0.25) is 5.91 Å². The van der Waals surface area contributed by atoms with Gasteiger partial charge in [-0.15, -0.1) is 0 Å². The summed E-state index contributed by atoms with van der Waals surface area (Å²) < 4.78 is 25.7. The molecule has 1 amide bonds. The first-order chi connectivity index (χ1) is 15.6. The van der Waals surface area contributed by atoms with Crippen LogP contribution in [0, 0.1) is 30.5 Å². The third-order valence-electron chi connectivity index (χ3n) is 7.35. The van der Waals surface area contributed by atoms with Crippen molar-refractivity contribution in [2.45, 2.75) is 32.4 Å². The van der Waals surface area contributed by atoms with Crippen molar-refractivity contribution in [3.8, 4) is 5.75 Å². The van der Waals surface area contributed by atoms with E-state index in [1.165, 1.54) is 11.6 Å². The molecule has 0 bridgehead atoms. The van der Waals surface area contributed by atoms with Crippen LogP contribution in [0.15, 0.2) is 42.5 Å². The summed E-state index contributed by atoms with van der Waals surface area (Å²) in [7, 11) is 0. The Morgan fingerprint density at radius 2 is 2.00 bits per heavy atom. The van der Waals surface area contributed by atoms with Crippen molar-refractivity contribution in [1.29, 1.82) is 0 Å².